The molecule has 1 atom stereocenters. The molecule has 6 nitrogen and oxygen atoms in total. The number of hydrogen-bond donors (Lipinski definition) is 0. The Balaban J connectivity index is 1.19. The van der Waals surface area contributed by atoms with Crippen LogP contribution in [0, 0.1) is 5.92 Å². The Morgan fingerprint density at radius 2 is 1.87 bits per heavy atom. The third-order valence-corrected chi connectivity index (χ3v) is 6.59. The van der Waals surface area contributed by atoms with E-state index in [9.17, 15) is 9.59 Å². The highest BCUT2D eigenvalue weighted by Crippen LogP contribution is 2.22. The molecule has 0 N–H and O–H groups in total. The number of amides is 1. The normalized spacial score (nSPS) is 20.8. The van der Waals surface area contributed by atoms with Crippen molar-refractivity contribution < 1.29 is 19.1 Å². The minimum atomic E-state index is -0.165. The van der Waals surface area contributed by atoms with Crippen molar-refractivity contribution in [2.75, 3.05) is 39.4 Å². The van der Waals surface area contributed by atoms with Gasteiger partial charge < -0.3 is 14.4 Å². The first-order valence-electron chi connectivity index (χ1n) is 10.6. The highest BCUT2D eigenvalue weighted by molar-refractivity contribution is 7.12. The molecule has 3 heterocycles. The molecule has 1 aromatic carbocycles. The van der Waals surface area contributed by atoms with Gasteiger partial charge in [-0.1, -0.05) is 36.4 Å². The molecule has 1 aromatic heterocycles. The van der Waals surface area contributed by atoms with E-state index in [0.29, 0.717) is 39.1 Å². The van der Waals surface area contributed by atoms with Gasteiger partial charge in [-0.15, -0.1) is 11.3 Å². The average molecular weight is 429 g/mol. The van der Waals surface area contributed by atoms with Crippen LogP contribution in [0.1, 0.15) is 28.1 Å². The molecule has 0 saturated carbocycles. The molecule has 0 radical (unpaired) electrons. The Hall–Kier alpha value is -2.22. The molecule has 30 heavy (non-hydrogen) atoms. The monoisotopic (exact) mass is 428 g/mol. The Morgan fingerprint density at radius 3 is 2.60 bits per heavy atom. The summed E-state index contributed by atoms with van der Waals surface area (Å²) < 4.78 is 11.4. The van der Waals surface area contributed by atoms with Crippen LogP contribution in [0.2, 0.25) is 0 Å². The summed E-state index contributed by atoms with van der Waals surface area (Å²) in [5, 5.41) is 1.91. The van der Waals surface area contributed by atoms with Gasteiger partial charge in [-0.25, -0.2) is 0 Å². The van der Waals surface area contributed by atoms with Gasteiger partial charge in [0.05, 0.1) is 17.4 Å². The molecular weight excluding hydrogens is 400 g/mol. The zero-order valence-corrected chi connectivity index (χ0v) is 17.9. The van der Waals surface area contributed by atoms with E-state index in [0.717, 1.165) is 24.5 Å². The van der Waals surface area contributed by atoms with Gasteiger partial charge in [0.1, 0.15) is 12.7 Å². The first-order valence-corrected chi connectivity index (χ1v) is 11.4. The number of thiophene rings is 1. The summed E-state index contributed by atoms with van der Waals surface area (Å²) in [6.07, 6.45) is 1.22. The van der Waals surface area contributed by atoms with Crippen molar-refractivity contribution in [3.63, 3.8) is 0 Å². The topological polar surface area (TPSA) is 59.1 Å². The molecule has 2 aliphatic rings. The zero-order chi connectivity index (χ0) is 20.8. The van der Waals surface area contributed by atoms with Crippen LogP contribution in [0.5, 0.6) is 0 Å². The fraction of sp³-hybridized carbons (Fsp3) is 0.478. The second-order valence-corrected chi connectivity index (χ2v) is 8.84. The van der Waals surface area contributed by atoms with E-state index < -0.39 is 0 Å². The zero-order valence-electron chi connectivity index (χ0n) is 17.1. The van der Waals surface area contributed by atoms with Gasteiger partial charge in [0.2, 0.25) is 0 Å². The summed E-state index contributed by atoms with van der Waals surface area (Å²) in [7, 11) is 0. The summed E-state index contributed by atoms with van der Waals surface area (Å²) in [4.78, 5) is 29.9. The summed E-state index contributed by atoms with van der Waals surface area (Å²) in [5.41, 5.74) is 1.28. The first kappa shape index (κ1) is 21.0. The Morgan fingerprint density at radius 1 is 1.07 bits per heavy atom. The van der Waals surface area contributed by atoms with Crippen LogP contribution in [-0.4, -0.2) is 67.2 Å². The number of benzene rings is 1. The smallest absolute Gasteiger partial charge is 0.309 e. The highest BCUT2D eigenvalue weighted by atomic mass is 32.1. The standard InChI is InChI=1S/C23H28N2O4S/c26-22(21-7-4-14-30-21)25-10-8-19(9-11-25)23(27)29-17-20-16-24(12-13-28-20)15-18-5-2-1-3-6-18/h1-7,14,19-20H,8-13,15-17H2. The van der Waals surface area contributed by atoms with Gasteiger partial charge in [-0.05, 0) is 29.9 Å². The van der Waals surface area contributed by atoms with Gasteiger partial charge in [0, 0.05) is 32.7 Å². The number of carbonyl (C=O) groups excluding carboxylic acids is 2. The maximum atomic E-state index is 12.5. The number of rotatable bonds is 6. The van der Waals surface area contributed by atoms with E-state index in [1.165, 1.54) is 16.9 Å². The maximum absolute atomic E-state index is 12.5. The van der Waals surface area contributed by atoms with Crippen LogP contribution in [0.25, 0.3) is 0 Å². The van der Waals surface area contributed by atoms with Gasteiger partial charge in [-0.3, -0.25) is 14.5 Å². The van der Waals surface area contributed by atoms with E-state index in [1.807, 2.05) is 40.6 Å². The summed E-state index contributed by atoms with van der Waals surface area (Å²) >= 11 is 1.46. The molecule has 0 aliphatic carbocycles. The third-order valence-electron chi connectivity index (χ3n) is 5.73. The lowest BCUT2D eigenvalue weighted by Crippen LogP contribution is -2.45. The summed E-state index contributed by atoms with van der Waals surface area (Å²) in [5.74, 6) is -0.241. The number of piperidine rings is 1. The molecule has 2 aliphatic heterocycles. The molecule has 1 amide bonds. The fourth-order valence-corrected chi connectivity index (χ4v) is 4.72. The molecule has 2 aromatic rings. The van der Waals surface area contributed by atoms with Crippen molar-refractivity contribution >= 4 is 23.2 Å². The number of esters is 1. The number of nitrogens with zero attached hydrogens (tertiary/aromatic N) is 2. The average Bonchev–Trinajstić information content (AvgIpc) is 3.33. The third kappa shape index (κ3) is 5.47. The Bertz CT molecular complexity index is 819. The van der Waals surface area contributed by atoms with E-state index in [1.54, 1.807) is 0 Å². The Labute approximate surface area is 181 Å². The van der Waals surface area contributed by atoms with Crippen molar-refractivity contribution in [2.24, 2.45) is 5.92 Å². The summed E-state index contributed by atoms with van der Waals surface area (Å²) in [6.45, 7) is 4.66. The SMILES string of the molecule is O=C(OCC1CN(Cc2ccccc2)CCO1)C1CCN(C(=O)c2cccs2)CC1. The number of hydrogen-bond acceptors (Lipinski definition) is 6. The van der Waals surface area contributed by atoms with Gasteiger partial charge in [-0.2, -0.15) is 0 Å². The lowest BCUT2D eigenvalue weighted by atomic mass is 9.97. The van der Waals surface area contributed by atoms with Crippen molar-refractivity contribution in [3.8, 4) is 0 Å². The lowest BCUT2D eigenvalue weighted by Gasteiger charge is -2.33. The van der Waals surface area contributed by atoms with E-state index >= 15 is 0 Å². The quantitative estimate of drug-likeness (QED) is 0.662. The minimum Gasteiger partial charge on any atom is -0.463 e. The number of likely N-dealkylation sites (tertiary alicyclic amines) is 1. The Kier molecular flexibility index (Phi) is 7.15. The van der Waals surface area contributed by atoms with Crippen molar-refractivity contribution in [1.29, 1.82) is 0 Å². The predicted molar refractivity (Wildman–Crippen MR) is 115 cm³/mol. The first-order chi connectivity index (χ1) is 14.7. The van der Waals surface area contributed by atoms with Gasteiger partial charge in [0.15, 0.2) is 0 Å². The second-order valence-electron chi connectivity index (χ2n) is 7.89. The van der Waals surface area contributed by atoms with E-state index in [-0.39, 0.29) is 23.9 Å². The van der Waals surface area contributed by atoms with Crippen LogP contribution in [0.4, 0.5) is 0 Å². The maximum Gasteiger partial charge on any atom is 0.309 e. The minimum absolute atomic E-state index is 0.0610. The van der Waals surface area contributed by atoms with Crippen LogP contribution in [-0.2, 0) is 20.8 Å². The van der Waals surface area contributed by atoms with Crippen LogP contribution >= 0.6 is 11.3 Å². The molecular formula is C23H28N2O4S. The highest BCUT2D eigenvalue weighted by Gasteiger charge is 2.30. The fourth-order valence-electron chi connectivity index (χ4n) is 4.03. The largest absolute Gasteiger partial charge is 0.463 e. The molecule has 0 bridgehead atoms. The summed E-state index contributed by atoms with van der Waals surface area (Å²) in [6, 6.07) is 14.1. The van der Waals surface area contributed by atoms with Crippen molar-refractivity contribution in [1.82, 2.24) is 9.80 Å². The van der Waals surface area contributed by atoms with E-state index in [4.69, 9.17) is 9.47 Å². The molecule has 4 rings (SSSR count). The number of morpholine rings is 1. The van der Waals surface area contributed by atoms with Gasteiger partial charge >= 0.3 is 5.97 Å². The van der Waals surface area contributed by atoms with Crippen LogP contribution in [0.15, 0.2) is 47.8 Å². The molecule has 1 unspecified atom stereocenters. The van der Waals surface area contributed by atoms with Crippen LogP contribution in [0.3, 0.4) is 0 Å². The van der Waals surface area contributed by atoms with E-state index in [2.05, 4.69) is 17.0 Å². The van der Waals surface area contributed by atoms with Crippen molar-refractivity contribution in [2.45, 2.75) is 25.5 Å². The molecule has 160 valence electrons. The van der Waals surface area contributed by atoms with Crippen molar-refractivity contribution in [3.05, 3.63) is 58.3 Å². The second kappa shape index (κ2) is 10.2. The molecule has 7 heteroatoms. The molecule has 0 spiro atoms. The predicted octanol–water partition coefficient (Wildman–Crippen LogP) is 3.04. The van der Waals surface area contributed by atoms with Crippen LogP contribution < -0.4 is 0 Å². The lowest BCUT2D eigenvalue weighted by molar-refractivity contribution is -0.156. The molecule has 2 saturated heterocycles. The molecule has 2 fully saturated rings. The number of carbonyl (C=O) groups is 2. The van der Waals surface area contributed by atoms with Gasteiger partial charge in [0.25, 0.3) is 5.91 Å². The number of ether oxygens (including phenoxy) is 2.